The third-order valence-electron chi connectivity index (χ3n) is 2.82. The standard InChI is InChI=1S/C13H14Cl2N2/c1-3-11-10(8-14)13(15)17(16-11)12-7-5-4-6-9(12)2/h4-7H,3,8H2,1-2H3. The molecule has 90 valence electrons. The number of alkyl halides is 1. The Balaban J connectivity index is 2.61. The van der Waals surface area contributed by atoms with Crippen molar-refractivity contribution < 1.29 is 0 Å². The zero-order valence-corrected chi connectivity index (χ0v) is 11.4. The van der Waals surface area contributed by atoms with Crippen molar-refractivity contribution in [1.29, 1.82) is 0 Å². The lowest BCUT2D eigenvalue weighted by molar-refractivity contribution is 0.836. The molecule has 0 N–H and O–H groups in total. The number of hydrogen-bond acceptors (Lipinski definition) is 1. The Hall–Kier alpha value is -0.990. The summed E-state index contributed by atoms with van der Waals surface area (Å²) in [4.78, 5) is 0. The second kappa shape index (κ2) is 5.11. The number of aryl methyl sites for hydroxylation is 2. The molecule has 0 saturated heterocycles. The average molecular weight is 269 g/mol. The number of nitrogens with zero attached hydrogens (tertiary/aromatic N) is 2. The Bertz CT molecular complexity index is 532. The van der Waals surface area contributed by atoms with Crippen molar-refractivity contribution in [1.82, 2.24) is 9.78 Å². The van der Waals surface area contributed by atoms with E-state index >= 15 is 0 Å². The highest BCUT2D eigenvalue weighted by Crippen LogP contribution is 2.26. The first kappa shape index (κ1) is 12.5. The van der Waals surface area contributed by atoms with E-state index in [9.17, 15) is 0 Å². The van der Waals surface area contributed by atoms with Gasteiger partial charge in [0.15, 0.2) is 0 Å². The first-order chi connectivity index (χ1) is 8.19. The van der Waals surface area contributed by atoms with Gasteiger partial charge in [-0.25, -0.2) is 4.68 Å². The summed E-state index contributed by atoms with van der Waals surface area (Å²) < 4.78 is 1.77. The van der Waals surface area contributed by atoms with Crippen LogP contribution in [0, 0.1) is 6.92 Å². The fraction of sp³-hybridized carbons (Fsp3) is 0.308. The molecule has 0 bridgehead atoms. The summed E-state index contributed by atoms with van der Waals surface area (Å²) in [6, 6.07) is 8.02. The maximum atomic E-state index is 6.33. The fourth-order valence-corrected chi connectivity index (χ4v) is 2.50. The van der Waals surface area contributed by atoms with Crippen LogP contribution in [0.5, 0.6) is 0 Å². The SMILES string of the molecule is CCc1nn(-c2ccccc2C)c(Cl)c1CCl. The molecule has 2 rings (SSSR count). The molecular weight excluding hydrogens is 255 g/mol. The van der Waals surface area contributed by atoms with Crippen LogP contribution in [0.25, 0.3) is 5.69 Å². The van der Waals surface area contributed by atoms with Crippen molar-refractivity contribution in [3.8, 4) is 5.69 Å². The summed E-state index contributed by atoms with van der Waals surface area (Å²) in [5.41, 5.74) is 4.04. The molecule has 0 amide bonds. The Kier molecular flexibility index (Phi) is 3.75. The highest BCUT2D eigenvalue weighted by atomic mass is 35.5. The summed E-state index contributed by atoms with van der Waals surface area (Å²) in [7, 11) is 0. The summed E-state index contributed by atoms with van der Waals surface area (Å²) >= 11 is 12.2. The van der Waals surface area contributed by atoms with Crippen molar-refractivity contribution in [2.75, 3.05) is 0 Å². The largest absolute Gasteiger partial charge is 0.221 e. The minimum Gasteiger partial charge on any atom is -0.221 e. The van der Waals surface area contributed by atoms with E-state index in [0.29, 0.717) is 11.0 Å². The molecule has 0 aliphatic heterocycles. The molecule has 0 aliphatic rings. The predicted octanol–water partition coefficient (Wildman–Crippen LogP) is 4.14. The van der Waals surface area contributed by atoms with Crippen molar-refractivity contribution in [3.05, 3.63) is 46.2 Å². The van der Waals surface area contributed by atoms with Crippen LogP contribution in [0.2, 0.25) is 5.15 Å². The molecule has 1 heterocycles. The maximum Gasteiger partial charge on any atom is 0.137 e. The molecule has 1 aromatic heterocycles. The van der Waals surface area contributed by atoms with Crippen LogP contribution in [-0.4, -0.2) is 9.78 Å². The predicted molar refractivity (Wildman–Crippen MR) is 72.2 cm³/mol. The van der Waals surface area contributed by atoms with Gasteiger partial charge in [0, 0.05) is 5.56 Å². The third-order valence-corrected chi connectivity index (χ3v) is 3.47. The van der Waals surface area contributed by atoms with Gasteiger partial charge >= 0.3 is 0 Å². The van der Waals surface area contributed by atoms with Gasteiger partial charge in [-0.1, -0.05) is 36.7 Å². The number of para-hydroxylation sites is 1. The van der Waals surface area contributed by atoms with E-state index in [-0.39, 0.29) is 0 Å². The molecule has 0 fully saturated rings. The van der Waals surface area contributed by atoms with Gasteiger partial charge in [0.05, 0.1) is 17.3 Å². The number of aromatic nitrogens is 2. The van der Waals surface area contributed by atoms with Gasteiger partial charge in [0.2, 0.25) is 0 Å². The van der Waals surface area contributed by atoms with E-state index in [4.69, 9.17) is 23.2 Å². The highest BCUT2D eigenvalue weighted by molar-refractivity contribution is 6.31. The summed E-state index contributed by atoms with van der Waals surface area (Å²) in [6.45, 7) is 4.09. The van der Waals surface area contributed by atoms with Crippen LogP contribution in [0.15, 0.2) is 24.3 Å². The Morgan fingerprint density at radius 2 is 2.00 bits per heavy atom. The molecule has 17 heavy (non-hydrogen) atoms. The zero-order valence-electron chi connectivity index (χ0n) is 9.87. The zero-order chi connectivity index (χ0) is 12.4. The maximum absolute atomic E-state index is 6.33. The van der Waals surface area contributed by atoms with E-state index in [1.54, 1.807) is 4.68 Å². The number of rotatable bonds is 3. The molecule has 0 saturated carbocycles. The monoisotopic (exact) mass is 268 g/mol. The van der Waals surface area contributed by atoms with E-state index in [2.05, 4.69) is 12.0 Å². The fourth-order valence-electron chi connectivity index (χ4n) is 1.85. The van der Waals surface area contributed by atoms with Crippen molar-refractivity contribution >= 4 is 23.2 Å². The summed E-state index contributed by atoms with van der Waals surface area (Å²) in [6.07, 6.45) is 0.834. The van der Waals surface area contributed by atoms with Crippen LogP contribution >= 0.6 is 23.2 Å². The topological polar surface area (TPSA) is 17.8 Å². The summed E-state index contributed by atoms with van der Waals surface area (Å²) in [5.74, 6) is 0.397. The van der Waals surface area contributed by atoms with Crippen LogP contribution in [-0.2, 0) is 12.3 Å². The van der Waals surface area contributed by atoms with Crippen molar-refractivity contribution in [3.63, 3.8) is 0 Å². The normalized spacial score (nSPS) is 10.8. The molecular formula is C13H14Cl2N2. The van der Waals surface area contributed by atoms with Gasteiger partial charge in [-0.15, -0.1) is 11.6 Å². The molecule has 0 unspecified atom stereocenters. The first-order valence-electron chi connectivity index (χ1n) is 5.57. The number of benzene rings is 1. The molecule has 0 spiro atoms. The number of hydrogen-bond donors (Lipinski definition) is 0. The lowest BCUT2D eigenvalue weighted by Gasteiger charge is -2.06. The van der Waals surface area contributed by atoms with E-state index in [1.165, 1.54) is 0 Å². The van der Waals surface area contributed by atoms with Crippen molar-refractivity contribution in [2.24, 2.45) is 0 Å². The van der Waals surface area contributed by atoms with Gasteiger partial charge in [-0.3, -0.25) is 0 Å². The highest BCUT2D eigenvalue weighted by Gasteiger charge is 2.15. The van der Waals surface area contributed by atoms with Gasteiger partial charge in [0.1, 0.15) is 5.15 Å². The van der Waals surface area contributed by atoms with E-state index in [1.807, 2.05) is 31.2 Å². The minimum absolute atomic E-state index is 0.397. The minimum atomic E-state index is 0.397. The van der Waals surface area contributed by atoms with Gasteiger partial charge in [-0.05, 0) is 25.0 Å². The molecule has 4 heteroatoms. The third kappa shape index (κ3) is 2.20. The van der Waals surface area contributed by atoms with Crippen LogP contribution in [0.1, 0.15) is 23.7 Å². The Labute approximate surface area is 111 Å². The molecule has 2 nitrogen and oxygen atoms in total. The molecule has 2 aromatic rings. The van der Waals surface area contributed by atoms with Crippen LogP contribution in [0.4, 0.5) is 0 Å². The number of halogens is 2. The summed E-state index contributed by atoms with van der Waals surface area (Å²) in [5, 5.41) is 5.15. The van der Waals surface area contributed by atoms with Gasteiger partial charge in [-0.2, -0.15) is 5.10 Å². The van der Waals surface area contributed by atoms with Gasteiger partial charge < -0.3 is 0 Å². The molecule has 0 atom stereocenters. The van der Waals surface area contributed by atoms with Crippen LogP contribution < -0.4 is 0 Å². The average Bonchev–Trinajstić information content (AvgIpc) is 2.66. The quantitative estimate of drug-likeness (QED) is 0.766. The van der Waals surface area contributed by atoms with Crippen LogP contribution in [0.3, 0.4) is 0 Å². The lowest BCUT2D eigenvalue weighted by Crippen LogP contribution is -1.99. The Morgan fingerprint density at radius 1 is 1.29 bits per heavy atom. The van der Waals surface area contributed by atoms with E-state index in [0.717, 1.165) is 28.9 Å². The van der Waals surface area contributed by atoms with Crippen molar-refractivity contribution in [2.45, 2.75) is 26.1 Å². The second-order valence-corrected chi connectivity index (χ2v) is 4.53. The molecule has 0 aliphatic carbocycles. The molecule has 1 aromatic carbocycles. The first-order valence-corrected chi connectivity index (χ1v) is 6.48. The van der Waals surface area contributed by atoms with Gasteiger partial charge in [0.25, 0.3) is 0 Å². The Morgan fingerprint density at radius 3 is 2.53 bits per heavy atom. The smallest absolute Gasteiger partial charge is 0.137 e. The lowest BCUT2D eigenvalue weighted by atomic mass is 10.2. The van der Waals surface area contributed by atoms with E-state index < -0.39 is 0 Å². The second-order valence-electron chi connectivity index (χ2n) is 3.90. The molecule has 0 radical (unpaired) electrons.